The van der Waals surface area contributed by atoms with Crippen molar-refractivity contribution in [2.24, 2.45) is 21.8 Å². The van der Waals surface area contributed by atoms with E-state index in [0.29, 0.717) is 17.2 Å². The first-order valence-corrected chi connectivity index (χ1v) is 15.9. The quantitative estimate of drug-likeness (QED) is 0.0325. The number of phenolic OH excluding ortho intramolecular Hbond substituents is 2. The Morgan fingerprint density at radius 3 is 1.53 bits per heavy atom. The first kappa shape index (κ1) is 39.5. The van der Waals surface area contributed by atoms with Gasteiger partial charge in [0.1, 0.15) is 23.1 Å². The number of aromatic hydroxyl groups is 2. The lowest BCUT2D eigenvalue weighted by Crippen LogP contribution is -2.17. The predicted octanol–water partition coefficient (Wildman–Crippen LogP) is 9.87. The smallest absolute Gasteiger partial charge is 0.416 e. The summed E-state index contributed by atoms with van der Waals surface area (Å²) in [6.45, 7) is 0. The molecular weight excluding hydrogens is 757 g/mol. The summed E-state index contributed by atoms with van der Waals surface area (Å²) < 4.78 is 95.4. The van der Waals surface area contributed by atoms with Crippen LogP contribution in [-0.2, 0) is 6.18 Å². The van der Waals surface area contributed by atoms with Crippen LogP contribution < -0.4 is 11.5 Å². The number of rotatable bonds is 6. The third kappa shape index (κ3) is 8.74. The number of benzene rings is 6. The summed E-state index contributed by atoms with van der Waals surface area (Å²) in [6.07, 6.45) is -4.76. The second-order valence-corrected chi connectivity index (χ2v) is 12.1. The van der Waals surface area contributed by atoms with Crippen LogP contribution in [0.5, 0.6) is 11.5 Å². The van der Waals surface area contributed by atoms with Crippen LogP contribution >= 0.6 is 11.6 Å². The first-order chi connectivity index (χ1) is 26.0. The molecule has 0 bridgehead atoms. The number of nitrogens with two attached hydrogens (primary N) is 2. The summed E-state index contributed by atoms with van der Waals surface area (Å²) in [6, 6.07) is 21.8. The molecule has 6 aromatic rings. The Morgan fingerprint density at radius 1 is 0.527 bits per heavy atom. The van der Waals surface area contributed by atoms with Gasteiger partial charge in [-0.15, -0.1) is 0 Å². The topological polar surface area (TPSA) is 158 Å². The van der Waals surface area contributed by atoms with E-state index in [4.69, 9.17) is 33.5 Å². The molecule has 0 fully saturated rings. The normalized spacial score (nSPS) is 11.9. The molecule has 0 radical (unpaired) electrons. The summed E-state index contributed by atoms with van der Waals surface area (Å²) in [5.74, 6) is -4.87. The Morgan fingerprint density at radius 2 is 1.04 bits per heavy atom. The zero-order valence-electron chi connectivity index (χ0n) is 27.8. The van der Waals surface area contributed by atoms with Crippen molar-refractivity contribution in [3.8, 4) is 56.0 Å². The molecule has 16 heteroatoms. The molecule has 0 aromatic heterocycles. The van der Waals surface area contributed by atoms with E-state index < -0.39 is 40.8 Å². The Kier molecular flexibility index (Phi) is 11.6. The third-order valence-electron chi connectivity index (χ3n) is 8.10. The van der Waals surface area contributed by atoms with Crippen LogP contribution in [0.4, 0.5) is 30.7 Å². The van der Waals surface area contributed by atoms with E-state index in [1.165, 1.54) is 54.6 Å². The molecule has 0 unspecified atom stereocenters. The van der Waals surface area contributed by atoms with E-state index in [1.807, 2.05) is 0 Å². The minimum atomic E-state index is -4.76. The standard InChI is InChI=1S/C20H13F5N2O2.C19H13ClF2N2O2/c21-16-6-3-11(7-17(16)22)18-14(10-1-4-13(28)5-2-10)8-12(20(23,24)25)9-15(18)19(26)27-29;20-11-7-15(10-1-4-13(25)5-2-10)18(16(8-11)19(23)24-26)14-6-3-12(21)9-17(14)22/h1-9,28-29H,(H2,26,27);1-9,25-26H,(H2,23,24). The molecular formula is C39H26ClF7N4O4. The Bertz CT molecular complexity index is 2440. The number of oxime groups is 2. The van der Waals surface area contributed by atoms with Crippen LogP contribution in [0.25, 0.3) is 44.5 Å². The van der Waals surface area contributed by atoms with E-state index in [0.717, 1.165) is 30.3 Å². The van der Waals surface area contributed by atoms with E-state index >= 15 is 0 Å². The molecule has 8 nitrogen and oxygen atoms in total. The summed E-state index contributed by atoms with van der Waals surface area (Å²) in [4.78, 5) is 0. The van der Waals surface area contributed by atoms with E-state index in [9.17, 15) is 40.9 Å². The number of hydrogen-bond donors (Lipinski definition) is 6. The number of alkyl halides is 3. The van der Waals surface area contributed by atoms with Crippen molar-refractivity contribution < 1.29 is 51.4 Å². The number of phenols is 2. The molecule has 0 atom stereocenters. The molecule has 0 aliphatic rings. The van der Waals surface area contributed by atoms with Gasteiger partial charge in [0.25, 0.3) is 0 Å². The highest BCUT2D eigenvalue weighted by Gasteiger charge is 2.33. The van der Waals surface area contributed by atoms with Crippen LogP contribution in [-0.4, -0.2) is 32.3 Å². The second-order valence-electron chi connectivity index (χ2n) is 11.6. The maximum Gasteiger partial charge on any atom is 0.416 e. The van der Waals surface area contributed by atoms with Gasteiger partial charge in [0.05, 0.1) is 5.56 Å². The lowest BCUT2D eigenvalue weighted by Gasteiger charge is -2.19. The maximum atomic E-state index is 14.5. The fourth-order valence-electron chi connectivity index (χ4n) is 5.61. The van der Waals surface area contributed by atoms with Gasteiger partial charge in [0.2, 0.25) is 0 Å². The van der Waals surface area contributed by atoms with Crippen molar-refractivity contribution >= 4 is 23.3 Å². The molecule has 6 aromatic carbocycles. The largest absolute Gasteiger partial charge is 0.508 e. The second kappa shape index (κ2) is 16.1. The number of halogens is 8. The summed E-state index contributed by atoms with van der Waals surface area (Å²) in [7, 11) is 0. The summed E-state index contributed by atoms with van der Waals surface area (Å²) >= 11 is 6.16. The van der Waals surface area contributed by atoms with Gasteiger partial charge < -0.3 is 32.1 Å². The van der Waals surface area contributed by atoms with Gasteiger partial charge in [-0.1, -0.05) is 52.2 Å². The molecule has 0 aliphatic carbocycles. The Labute approximate surface area is 312 Å². The molecule has 0 amide bonds. The molecule has 282 valence electrons. The van der Waals surface area contributed by atoms with Gasteiger partial charge in [0, 0.05) is 38.9 Å². The maximum absolute atomic E-state index is 14.5. The predicted molar refractivity (Wildman–Crippen MR) is 193 cm³/mol. The van der Waals surface area contributed by atoms with Gasteiger partial charge in [-0.05, 0) is 101 Å². The van der Waals surface area contributed by atoms with Gasteiger partial charge in [-0.2, -0.15) is 13.2 Å². The highest BCUT2D eigenvalue weighted by Crippen LogP contribution is 2.42. The minimum absolute atomic E-state index is 0.00195. The Hall–Kier alpha value is -6.74. The monoisotopic (exact) mass is 782 g/mol. The molecule has 0 aliphatic heterocycles. The average molecular weight is 783 g/mol. The SMILES string of the molecule is NC(=NO)c1cc(C(F)(F)F)cc(-c2ccc(O)cc2)c1-c1ccc(F)c(F)c1.NC(=NO)c1cc(Cl)cc(-c2ccc(O)cc2)c1-c1ccc(F)cc1F. The third-order valence-corrected chi connectivity index (χ3v) is 8.32. The lowest BCUT2D eigenvalue weighted by atomic mass is 9.88. The highest BCUT2D eigenvalue weighted by atomic mass is 35.5. The molecule has 0 saturated carbocycles. The van der Waals surface area contributed by atoms with Gasteiger partial charge in [0.15, 0.2) is 23.3 Å². The average Bonchev–Trinajstić information content (AvgIpc) is 3.15. The molecule has 8 N–H and O–H groups in total. The molecule has 55 heavy (non-hydrogen) atoms. The van der Waals surface area contributed by atoms with Crippen LogP contribution in [0.2, 0.25) is 5.02 Å². The van der Waals surface area contributed by atoms with Crippen LogP contribution in [0, 0.1) is 23.3 Å². The van der Waals surface area contributed by atoms with Gasteiger partial charge >= 0.3 is 6.18 Å². The van der Waals surface area contributed by atoms with Gasteiger partial charge in [-0.25, -0.2) is 17.6 Å². The number of amidine groups is 2. The number of hydrogen-bond acceptors (Lipinski definition) is 6. The van der Waals surface area contributed by atoms with Crippen LogP contribution in [0.3, 0.4) is 0 Å². The minimum Gasteiger partial charge on any atom is -0.508 e. The summed E-state index contributed by atoms with van der Waals surface area (Å²) in [5.41, 5.74) is 11.8. The van der Waals surface area contributed by atoms with E-state index in [2.05, 4.69) is 10.3 Å². The van der Waals surface area contributed by atoms with Crippen molar-refractivity contribution in [1.82, 2.24) is 0 Å². The van der Waals surface area contributed by atoms with Crippen LogP contribution in [0.1, 0.15) is 16.7 Å². The van der Waals surface area contributed by atoms with E-state index in [-0.39, 0.29) is 66.9 Å². The first-order valence-electron chi connectivity index (χ1n) is 15.6. The number of nitrogens with zero attached hydrogens (tertiary/aromatic N) is 2. The van der Waals surface area contributed by atoms with Crippen molar-refractivity contribution in [1.29, 1.82) is 0 Å². The zero-order chi connectivity index (χ0) is 40.2. The van der Waals surface area contributed by atoms with Gasteiger partial charge in [-0.3, -0.25) is 0 Å². The molecule has 6 rings (SSSR count). The summed E-state index contributed by atoms with van der Waals surface area (Å²) in [5, 5.41) is 43.2. The van der Waals surface area contributed by atoms with Crippen molar-refractivity contribution in [3.05, 3.63) is 154 Å². The van der Waals surface area contributed by atoms with Crippen LogP contribution in [0.15, 0.2) is 120 Å². The van der Waals surface area contributed by atoms with Crippen molar-refractivity contribution in [3.63, 3.8) is 0 Å². The van der Waals surface area contributed by atoms with E-state index in [1.54, 1.807) is 18.2 Å². The molecule has 0 spiro atoms. The highest BCUT2D eigenvalue weighted by molar-refractivity contribution is 6.31. The van der Waals surface area contributed by atoms with Crippen molar-refractivity contribution in [2.45, 2.75) is 6.18 Å². The zero-order valence-corrected chi connectivity index (χ0v) is 28.5. The molecule has 0 heterocycles. The fraction of sp³-hybridized carbons (Fsp3) is 0.0256. The fourth-order valence-corrected chi connectivity index (χ4v) is 5.82. The Balaban J connectivity index is 0.000000212. The molecule has 0 saturated heterocycles. The lowest BCUT2D eigenvalue weighted by molar-refractivity contribution is -0.137. The van der Waals surface area contributed by atoms with Crippen molar-refractivity contribution in [2.75, 3.05) is 0 Å².